The van der Waals surface area contributed by atoms with Crippen molar-refractivity contribution in [2.24, 2.45) is 0 Å². The molecule has 138 valence electrons. The minimum atomic E-state index is 0.0519. The Hall–Kier alpha value is -3.08. The average molecular weight is 363 g/mol. The highest BCUT2D eigenvalue weighted by Crippen LogP contribution is 2.19. The molecule has 0 atom stereocenters. The molecule has 0 bridgehead atoms. The third-order valence-corrected chi connectivity index (χ3v) is 4.82. The fraction of sp³-hybridized carbons (Fsp3) is 0.300. The predicted molar refractivity (Wildman–Crippen MR) is 102 cm³/mol. The van der Waals surface area contributed by atoms with Crippen molar-refractivity contribution >= 4 is 16.6 Å². The number of fused-ring (bicyclic) bond motifs is 1. The van der Waals surface area contributed by atoms with E-state index in [4.69, 9.17) is 4.42 Å². The molecule has 4 rings (SSSR count). The molecule has 1 aliphatic heterocycles. The van der Waals surface area contributed by atoms with Gasteiger partial charge in [0.2, 0.25) is 0 Å². The van der Waals surface area contributed by atoms with Gasteiger partial charge in [0.15, 0.2) is 5.82 Å². The van der Waals surface area contributed by atoms with Gasteiger partial charge in [-0.05, 0) is 24.3 Å². The van der Waals surface area contributed by atoms with Crippen LogP contribution >= 0.6 is 0 Å². The normalized spacial score (nSPS) is 17.0. The van der Waals surface area contributed by atoms with Crippen molar-refractivity contribution in [2.75, 3.05) is 32.7 Å². The Morgan fingerprint density at radius 2 is 1.93 bits per heavy atom. The summed E-state index contributed by atoms with van der Waals surface area (Å²) >= 11 is 0. The fourth-order valence-electron chi connectivity index (χ4n) is 3.34. The predicted octanol–water partition coefficient (Wildman–Crippen LogP) is 2.77. The molecule has 3 aromatic rings. The molecule has 1 fully saturated rings. The van der Waals surface area contributed by atoms with E-state index in [1.54, 1.807) is 6.26 Å². The lowest BCUT2D eigenvalue weighted by Gasteiger charge is -2.34. The number of benzene rings is 1. The Kier molecular flexibility index (Phi) is 4.92. The number of para-hydroxylation sites is 2. The Labute approximate surface area is 157 Å². The SMILES string of the molecule is N#CC(=C(O)CN1CCN(Cc2ccco2)CC1)c1nc2ccccc2[nH]1. The lowest BCUT2D eigenvalue weighted by atomic mass is 10.2. The third-order valence-electron chi connectivity index (χ3n) is 4.82. The molecule has 0 amide bonds. The first kappa shape index (κ1) is 17.3. The number of aliphatic hydroxyl groups excluding tert-OH is 1. The van der Waals surface area contributed by atoms with Crippen LogP contribution in [0.2, 0.25) is 0 Å². The maximum Gasteiger partial charge on any atom is 0.152 e. The van der Waals surface area contributed by atoms with Gasteiger partial charge in [-0.2, -0.15) is 5.26 Å². The molecule has 27 heavy (non-hydrogen) atoms. The molecule has 3 heterocycles. The number of imidazole rings is 1. The van der Waals surface area contributed by atoms with Gasteiger partial charge in [0.05, 0.1) is 30.4 Å². The number of nitrogens with one attached hydrogen (secondary N) is 1. The first-order chi connectivity index (χ1) is 13.2. The van der Waals surface area contributed by atoms with Gasteiger partial charge in [-0.3, -0.25) is 9.80 Å². The zero-order chi connectivity index (χ0) is 18.6. The van der Waals surface area contributed by atoms with Crippen LogP contribution in [-0.4, -0.2) is 57.6 Å². The molecule has 0 spiro atoms. The summed E-state index contributed by atoms with van der Waals surface area (Å²) in [5.74, 6) is 1.42. The topological polar surface area (TPSA) is 92.3 Å². The largest absolute Gasteiger partial charge is 0.509 e. The number of nitriles is 1. The molecule has 2 aromatic heterocycles. The van der Waals surface area contributed by atoms with Gasteiger partial charge in [0.25, 0.3) is 0 Å². The van der Waals surface area contributed by atoms with Crippen molar-refractivity contribution in [3.63, 3.8) is 0 Å². The first-order valence-electron chi connectivity index (χ1n) is 8.97. The van der Waals surface area contributed by atoms with Crippen molar-refractivity contribution in [3.05, 3.63) is 60.0 Å². The van der Waals surface area contributed by atoms with Crippen LogP contribution in [0.25, 0.3) is 16.6 Å². The Balaban J connectivity index is 1.41. The van der Waals surface area contributed by atoms with Crippen LogP contribution in [-0.2, 0) is 6.54 Å². The number of nitrogens with zero attached hydrogens (tertiary/aromatic N) is 4. The van der Waals surface area contributed by atoms with Crippen LogP contribution in [0, 0.1) is 11.3 Å². The molecular formula is C20H21N5O2. The van der Waals surface area contributed by atoms with Gasteiger partial charge >= 0.3 is 0 Å². The van der Waals surface area contributed by atoms with Crippen LogP contribution in [0.1, 0.15) is 11.6 Å². The number of aliphatic hydroxyl groups is 1. The first-order valence-corrected chi connectivity index (χ1v) is 8.97. The van der Waals surface area contributed by atoms with Crippen LogP contribution in [0.4, 0.5) is 0 Å². The van der Waals surface area contributed by atoms with Crippen molar-refractivity contribution < 1.29 is 9.52 Å². The number of hydrogen-bond acceptors (Lipinski definition) is 6. The molecule has 0 saturated carbocycles. The van der Waals surface area contributed by atoms with Gasteiger partial charge in [-0.1, -0.05) is 12.1 Å². The number of H-pyrrole nitrogens is 1. The molecular weight excluding hydrogens is 342 g/mol. The molecule has 1 saturated heterocycles. The highest BCUT2D eigenvalue weighted by Gasteiger charge is 2.21. The van der Waals surface area contributed by atoms with Crippen molar-refractivity contribution in [1.29, 1.82) is 5.26 Å². The smallest absolute Gasteiger partial charge is 0.152 e. The maximum absolute atomic E-state index is 10.5. The summed E-state index contributed by atoms with van der Waals surface area (Å²) in [7, 11) is 0. The standard InChI is InChI=1S/C20H21N5O2/c21-12-16(20-22-17-5-1-2-6-18(17)23-20)19(26)14-25-9-7-24(8-10-25)13-15-4-3-11-27-15/h1-6,11,26H,7-10,13-14H2,(H,22,23). The second-order valence-electron chi connectivity index (χ2n) is 6.67. The molecule has 7 heteroatoms. The highest BCUT2D eigenvalue weighted by molar-refractivity contribution is 5.82. The lowest BCUT2D eigenvalue weighted by Crippen LogP contribution is -2.46. The van der Waals surface area contributed by atoms with Crippen molar-refractivity contribution in [1.82, 2.24) is 19.8 Å². The van der Waals surface area contributed by atoms with E-state index < -0.39 is 0 Å². The lowest BCUT2D eigenvalue weighted by molar-refractivity contribution is 0.119. The maximum atomic E-state index is 10.5. The van der Waals surface area contributed by atoms with E-state index in [1.807, 2.05) is 36.4 Å². The van der Waals surface area contributed by atoms with Gasteiger partial charge in [0.1, 0.15) is 23.2 Å². The summed E-state index contributed by atoms with van der Waals surface area (Å²) in [5.41, 5.74) is 1.82. The number of aromatic amines is 1. The molecule has 0 radical (unpaired) electrons. The molecule has 2 N–H and O–H groups in total. The molecule has 0 unspecified atom stereocenters. The molecule has 0 aliphatic carbocycles. The quantitative estimate of drug-likeness (QED) is 0.535. The zero-order valence-electron chi connectivity index (χ0n) is 14.9. The van der Waals surface area contributed by atoms with E-state index in [0.717, 1.165) is 49.5 Å². The summed E-state index contributed by atoms with van der Waals surface area (Å²) in [4.78, 5) is 12.0. The monoisotopic (exact) mass is 363 g/mol. The van der Waals surface area contributed by atoms with Gasteiger partial charge in [-0.25, -0.2) is 4.98 Å². The number of hydrogen-bond donors (Lipinski definition) is 2. The van der Waals surface area contributed by atoms with E-state index in [2.05, 4.69) is 25.8 Å². The van der Waals surface area contributed by atoms with Gasteiger partial charge < -0.3 is 14.5 Å². The number of piperazine rings is 1. The number of allylic oxidation sites excluding steroid dienone is 1. The minimum Gasteiger partial charge on any atom is -0.509 e. The fourth-order valence-corrected chi connectivity index (χ4v) is 3.34. The van der Waals surface area contributed by atoms with Crippen molar-refractivity contribution in [3.8, 4) is 6.07 Å². The summed E-state index contributed by atoms with van der Waals surface area (Å²) in [5, 5.41) is 20.1. The Morgan fingerprint density at radius 1 is 1.15 bits per heavy atom. The summed E-state index contributed by atoms with van der Waals surface area (Å²) in [6.07, 6.45) is 1.69. The minimum absolute atomic E-state index is 0.0519. The number of furan rings is 1. The third kappa shape index (κ3) is 3.87. The summed E-state index contributed by atoms with van der Waals surface area (Å²) in [6, 6.07) is 13.5. The van der Waals surface area contributed by atoms with E-state index in [-0.39, 0.29) is 11.3 Å². The number of rotatable bonds is 5. The zero-order valence-corrected chi connectivity index (χ0v) is 14.9. The van der Waals surface area contributed by atoms with Crippen LogP contribution in [0.3, 0.4) is 0 Å². The Morgan fingerprint density at radius 3 is 2.63 bits per heavy atom. The van der Waals surface area contributed by atoms with Crippen LogP contribution < -0.4 is 0 Å². The van der Waals surface area contributed by atoms with Crippen LogP contribution in [0.5, 0.6) is 0 Å². The van der Waals surface area contributed by atoms with Gasteiger partial charge in [0, 0.05) is 26.2 Å². The molecule has 7 nitrogen and oxygen atoms in total. The molecule has 1 aromatic carbocycles. The second kappa shape index (κ2) is 7.66. The highest BCUT2D eigenvalue weighted by atomic mass is 16.3. The van der Waals surface area contributed by atoms with E-state index in [1.165, 1.54) is 0 Å². The van der Waals surface area contributed by atoms with E-state index >= 15 is 0 Å². The van der Waals surface area contributed by atoms with E-state index in [0.29, 0.717) is 12.4 Å². The van der Waals surface area contributed by atoms with Gasteiger partial charge in [-0.15, -0.1) is 0 Å². The molecule has 1 aliphatic rings. The van der Waals surface area contributed by atoms with Crippen LogP contribution in [0.15, 0.2) is 52.8 Å². The summed E-state index contributed by atoms with van der Waals surface area (Å²) in [6.45, 7) is 4.56. The second-order valence-corrected chi connectivity index (χ2v) is 6.67. The average Bonchev–Trinajstić information content (AvgIpc) is 3.33. The van der Waals surface area contributed by atoms with Crippen molar-refractivity contribution in [2.45, 2.75) is 6.54 Å². The van der Waals surface area contributed by atoms with E-state index in [9.17, 15) is 10.4 Å². The summed E-state index contributed by atoms with van der Waals surface area (Å²) < 4.78 is 5.40. The Bertz CT molecular complexity index is 942. The number of aromatic nitrogens is 2.